The zero-order valence-corrected chi connectivity index (χ0v) is 12.8. The van der Waals surface area contributed by atoms with Gasteiger partial charge in [0.2, 0.25) is 0 Å². The highest BCUT2D eigenvalue weighted by Crippen LogP contribution is 2.39. The number of fused-ring (bicyclic) bond motifs is 3. The van der Waals surface area contributed by atoms with Gasteiger partial charge in [-0.3, -0.25) is 0 Å². The first-order chi connectivity index (χ1) is 9.65. The van der Waals surface area contributed by atoms with Crippen molar-refractivity contribution in [3.63, 3.8) is 0 Å². The number of aliphatic hydroxyl groups is 1. The summed E-state index contributed by atoms with van der Waals surface area (Å²) in [5, 5.41) is 13.9. The predicted molar refractivity (Wildman–Crippen MR) is 83.4 cm³/mol. The van der Waals surface area contributed by atoms with Gasteiger partial charge >= 0.3 is 0 Å². The molecule has 20 heavy (non-hydrogen) atoms. The van der Waals surface area contributed by atoms with Gasteiger partial charge in [-0.2, -0.15) is 0 Å². The maximum absolute atomic E-state index is 9.35. The SMILES string of the molecule is C[C@H]1CCc2c(sc3ncnc(NCC[C@@H](C)O)c23)C1. The molecule has 108 valence electrons. The smallest absolute Gasteiger partial charge is 0.138 e. The van der Waals surface area contributed by atoms with E-state index in [1.165, 1.54) is 28.7 Å². The molecule has 1 aliphatic rings. The molecule has 0 aliphatic heterocycles. The molecule has 1 aliphatic carbocycles. The van der Waals surface area contributed by atoms with Gasteiger partial charge in [0.15, 0.2) is 0 Å². The number of rotatable bonds is 4. The minimum atomic E-state index is -0.280. The summed E-state index contributed by atoms with van der Waals surface area (Å²) in [5.74, 6) is 1.71. The fourth-order valence-corrected chi connectivity index (χ4v) is 4.16. The number of anilines is 1. The summed E-state index contributed by atoms with van der Waals surface area (Å²) < 4.78 is 0. The number of aliphatic hydroxyl groups excluding tert-OH is 1. The third-order valence-corrected chi connectivity index (χ3v) is 5.11. The molecular formula is C15H21N3OS. The van der Waals surface area contributed by atoms with Crippen LogP contribution in [0.2, 0.25) is 0 Å². The minimum Gasteiger partial charge on any atom is -0.393 e. The zero-order chi connectivity index (χ0) is 14.1. The van der Waals surface area contributed by atoms with Crippen molar-refractivity contribution in [3.8, 4) is 0 Å². The maximum Gasteiger partial charge on any atom is 0.138 e. The Hall–Kier alpha value is -1.20. The molecule has 3 rings (SSSR count). The van der Waals surface area contributed by atoms with Gasteiger partial charge in [0.25, 0.3) is 0 Å². The summed E-state index contributed by atoms with van der Waals surface area (Å²) in [5.41, 5.74) is 1.45. The summed E-state index contributed by atoms with van der Waals surface area (Å²) in [6.45, 7) is 4.87. The van der Waals surface area contributed by atoms with Gasteiger partial charge in [-0.25, -0.2) is 9.97 Å². The molecule has 5 heteroatoms. The Kier molecular flexibility index (Phi) is 3.89. The van der Waals surface area contributed by atoms with Crippen LogP contribution < -0.4 is 5.32 Å². The summed E-state index contributed by atoms with van der Waals surface area (Å²) in [7, 11) is 0. The zero-order valence-electron chi connectivity index (χ0n) is 12.0. The molecule has 2 aromatic heterocycles. The quantitative estimate of drug-likeness (QED) is 0.909. The molecule has 0 fully saturated rings. The van der Waals surface area contributed by atoms with Crippen LogP contribution in [0.1, 0.15) is 37.1 Å². The van der Waals surface area contributed by atoms with Crippen molar-refractivity contribution in [3.05, 3.63) is 16.8 Å². The minimum absolute atomic E-state index is 0.280. The first-order valence-electron chi connectivity index (χ1n) is 7.32. The van der Waals surface area contributed by atoms with Crippen LogP contribution in [0.5, 0.6) is 0 Å². The van der Waals surface area contributed by atoms with Crippen LogP contribution in [-0.2, 0) is 12.8 Å². The largest absolute Gasteiger partial charge is 0.393 e. The molecule has 4 nitrogen and oxygen atoms in total. The van der Waals surface area contributed by atoms with Crippen molar-refractivity contribution in [2.24, 2.45) is 5.92 Å². The van der Waals surface area contributed by atoms with Gasteiger partial charge in [-0.05, 0) is 44.1 Å². The highest BCUT2D eigenvalue weighted by molar-refractivity contribution is 7.19. The lowest BCUT2D eigenvalue weighted by atomic mass is 9.89. The first-order valence-corrected chi connectivity index (χ1v) is 8.14. The Morgan fingerprint density at radius 3 is 3.15 bits per heavy atom. The van der Waals surface area contributed by atoms with E-state index in [0.29, 0.717) is 0 Å². The molecule has 2 heterocycles. The van der Waals surface area contributed by atoms with Crippen LogP contribution in [0.25, 0.3) is 10.2 Å². The van der Waals surface area contributed by atoms with E-state index >= 15 is 0 Å². The van der Waals surface area contributed by atoms with E-state index in [-0.39, 0.29) is 6.10 Å². The monoisotopic (exact) mass is 291 g/mol. The fourth-order valence-electron chi connectivity index (χ4n) is 2.81. The van der Waals surface area contributed by atoms with E-state index in [9.17, 15) is 5.11 Å². The van der Waals surface area contributed by atoms with Crippen LogP contribution in [0, 0.1) is 5.92 Å². The van der Waals surface area contributed by atoms with E-state index in [4.69, 9.17) is 0 Å². The molecule has 0 amide bonds. The van der Waals surface area contributed by atoms with Crippen molar-refractivity contribution < 1.29 is 5.11 Å². The Labute approximate surface area is 123 Å². The van der Waals surface area contributed by atoms with E-state index in [1.54, 1.807) is 6.33 Å². The van der Waals surface area contributed by atoms with Crippen LogP contribution in [0.15, 0.2) is 6.33 Å². The van der Waals surface area contributed by atoms with E-state index in [1.807, 2.05) is 18.3 Å². The number of thiophene rings is 1. The third-order valence-electron chi connectivity index (χ3n) is 3.95. The Morgan fingerprint density at radius 2 is 2.35 bits per heavy atom. The summed E-state index contributed by atoms with van der Waals surface area (Å²) in [4.78, 5) is 11.4. The average Bonchev–Trinajstić information content (AvgIpc) is 2.76. The third kappa shape index (κ3) is 2.65. The Balaban J connectivity index is 1.92. The molecule has 0 aromatic carbocycles. The predicted octanol–water partition coefficient (Wildman–Crippen LogP) is 3.00. The van der Waals surface area contributed by atoms with E-state index in [0.717, 1.165) is 36.0 Å². The topological polar surface area (TPSA) is 58.0 Å². The van der Waals surface area contributed by atoms with Crippen molar-refractivity contribution in [1.82, 2.24) is 9.97 Å². The highest BCUT2D eigenvalue weighted by Gasteiger charge is 2.22. The average molecular weight is 291 g/mol. The normalized spacial score (nSPS) is 19.9. The number of hydrogen-bond acceptors (Lipinski definition) is 5. The van der Waals surface area contributed by atoms with Gasteiger partial charge in [-0.15, -0.1) is 11.3 Å². The van der Waals surface area contributed by atoms with Crippen molar-refractivity contribution in [2.45, 2.75) is 45.6 Å². The molecule has 0 unspecified atom stereocenters. The molecule has 2 N–H and O–H groups in total. The molecule has 0 saturated carbocycles. The van der Waals surface area contributed by atoms with Crippen molar-refractivity contribution in [1.29, 1.82) is 0 Å². The van der Waals surface area contributed by atoms with Gasteiger partial charge in [-0.1, -0.05) is 6.92 Å². The lowest BCUT2D eigenvalue weighted by Gasteiger charge is -2.18. The summed E-state index contributed by atoms with van der Waals surface area (Å²) in [6.07, 6.45) is 5.64. The van der Waals surface area contributed by atoms with Gasteiger partial charge in [0, 0.05) is 11.4 Å². The Morgan fingerprint density at radius 1 is 1.50 bits per heavy atom. The van der Waals surface area contributed by atoms with Crippen molar-refractivity contribution in [2.75, 3.05) is 11.9 Å². The van der Waals surface area contributed by atoms with Crippen LogP contribution in [0.3, 0.4) is 0 Å². The first kappa shape index (κ1) is 13.8. The number of nitrogens with zero attached hydrogens (tertiary/aromatic N) is 2. The second-order valence-corrected chi connectivity index (χ2v) is 6.90. The van der Waals surface area contributed by atoms with Gasteiger partial charge in [0.1, 0.15) is 17.0 Å². The Bertz CT molecular complexity index is 608. The standard InChI is InChI=1S/C15H21N3OS/c1-9-3-4-11-12(7-9)20-15-13(11)14(17-8-18-15)16-6-5-10(2)19/h8-10,19H,3-7H2,1-2H3,(H,16,17,18)/t9-,10+/m0/s1. The van der Waals surface area contributed by atoms with Crippen molar-refractivity contribution >= 4 is 27.4 Å². The van der Waals surface area contributed by atoms with Crippen LogP contribution in [0.4, 0.5) is 5.82 Å². The summed E-state index contributed by atoms with van der Waals surface area (Å²) in [6, 6.07) is 0. The number of nitrogens with one attached hydrogen (secondary N) is 1. The number of aromatic nitrogens is 2. The van der Waals surface area contributed by atoms with E-state index < -0.39 is 0 Å². The molecule has 0 spiro atoms. The molecule has 2 atom stereocenters. The second-order valence-electron chi connectivity index (χ2n) is 5.82. The molecule has 0 bridgehead atoms. The maximum atomic E-state index is 9.35. The summed E-state index contributed by atoms with van der Waals surface area (Å²) >= 11 is 1.82. The highest BCUT2D eigenvalue weighted by atomic mass is 32.1. The van der Waals surface area contributed by atoms with E-state index in [2.05, 4.69) is 22.2 Å². The lowest BCUT2D eigenvalue weighted by molar-refractivity contribution is 0.188. The molecule has 2 aromatic rings. The van der Waals surface area contributed by atoms with Crippen LogP contribution in [-0.4, -0.2) is 27.7 Å². The second kappa shape index (κ2) is 5.66. The van der Waals surface area contributed by atoms with Gasteiger partial charge in [0.05, 0.1) is 11.5 Å². The fraction of sp³-hybridized carbons (Fsp3) is 0.600. The number of hydrogen-bond donors (Lipinski definition) is 2. The molecule has 0 radical (unpaired) electrons. The number of aryl methyl sites for hydroxylation is 1. The molecular weight excluding hydrogens is 270 g/mol. The van der Waals surface area contributed by atoms with Gasteiger partial charge < -0.3 is 10.4 Å². The lowest BCUT2D eigenvalue weighted by Crippen LogP contribution is -2.12. The van der Waals surface area contributed by atoms with Crippen LogP contribution >= 0.6 is 11.3 Å². The molecule has 0 saturated heterocycles.